The molecule has 4 heteroatoms. The summed E-state index contributed by atoms with van der Waals surface area (Å²) in [6.07, 6.45) is 1.32. The molecule has 0 aliphatic heterocycles. The fourth-order valence-corrected chi connectivity index (χ4v) is 1.22. The van der Waals surface area contributed by atoms with Crippen molar-refractivity contribution in [2.75, 3.05) is 0 Å². The molecule has 1 aromatic rings. The first kappa shape index (κ1) is 10.2. The van der Waals surface area contributed by atoms with Crippen LogP contribution in [0.1, 0.15) is 57.3 Å². The Morgan fingerprint density at radius 2 is 2.00 bits per heavy atom. The van der Waals surface area contributed by atoms with Gasteiger partial charge >= 0.3 is 0 Å². The normalized spacial score (nSPS) is 13.6. The van der Waals surface area contributed by atoms with E-state index in [1.54, 1.807) is 6.92 Å². The molecule has 0 aliphatic carbocycles. The van der Waals surface area contributed by atoms with Gasteiger partial charge in [-0.05, 0) is 19.8 Å². The third-order valence-corrected chi connectivity index (χ3v) is 2.17. The van der Waals surface area contributed by atoms with Crippen LogP contribution in [0.2, 0.25) is 0 Å². The molecule has 0 saturated carbocycles. The second-order valence-corrected chi connectivity index (χ2v) is 3.18. The maximum absolute atomic E-state index is 9.18. The lowest BCUT2D eigenvalue weighted by Crippen LogP contribution is -1.97. The molecule has 1 N–H and O–H groups in total. The zero-order valence-corrected chi connectivity index (χ0v) is 8.32. The Kier molecular flexibility index (Phi) is 3.42. The molecule has 0 fully saturated rings. The zero-order chi connectivity index (χ0) is 9.84. The van der Waals surface area contributed by atoms with E-state index < -0.39 is 6.10 Å². The van der Waals surface area contributed by atoms with Crippen LogP contribution in [-0.4, -0.2) is 15.2 Å². The van der Waals surface area contributed by atoms with Gasteiger partial charge in [0.15, 0.2) is 5.82 Å². The molecule has 4 nitrogen and oxygen atoms in total. The van der Waals surface area contributed by atoms with Crippen molar-refractivity contribution in [1.82, 2.24) is 10.1 Å². The summed E-state index contributed by atoms with van der Waals surface area (Å²) in [5, 5.41) is 12.9. The highest BCUT2D eigenvalue weighted by atomic mass is 16.5. The maximum atomic E-state index is 9.18. The number of hydrogen-bond donors (Lipinski definition) is 1. The summed E-state index contributed by atoms with van der Waals surface area (Å²) in [7, 11) is 0. The number of nitrogens with zero attached hydrogens (tertiary/aromatic N) is 2. The Morgan fingerprint density at radius 1 is 1.38 bits per heavy atom. The molecule has 1 rings (SSSR count). The van der Waals surface area contributed by atoms with Gasteiger partial charge in [0.1, 0.15) is 6.10 Å². The first-order chi connectivity index (χ1) is 6.19. The third-order valence-electron chi connectivity index (χ3n) is 2.17. The summed E-state index contributed by atoms with van der Waals surface area (Å²) in [4.78, 5) is 4.12. The summed E-state index contributed by atoms with van der Waals surface area (Å²) in [6.45, 7) is 5.79. The van der Waals surface area contributed by atoms with E-state index in [0.29, 0.717) is 17.6 Å². The van der Waals surface area contributed by atoms with Crippen LogP contribution in [0, 0.1) is 0 Å². The number of rotatable bonds is 4. The number of aliphatic hydroxyl groups excluding tert-OH is 1. The van der Waals surface area contributed by atoms with E-state index in [1.807, 2.05) is 0 Å². The summed E-state index contributed by atoms with van der Waals surface area (Å²) in [6, 6.07) is 0. The van der Waals surface area contributed by atoms with Gasteiger partial charge in [0, 0.05) is 5.92 Å². The van der Waals surface area contributed by atoms with Gasteiger partial charge in [0.05, 0.1) is 0 Å². The lowest BCUT2D eigenvalue weighted by Gasteiger charge is -2.04. The van der Waals surface area contributed by atoms with Crippen LogP contribution in [-0.2, 0) is 0 Å². The minimum Gasteiger partial charge on any atom is -0.385 e. The minimum atomic E-state index is -0.646. The van der Waals surface area contributed by atoms with E-state index >= 15 is 0 Å². The number of aliphatic hydroxyl groups is 1. The zero-order valence-electron chi connectivity index (χ0n) is 8.32. The smallest absolute Gasteiger partial charge is 0.229 e. The quantitative estimate of drug-likeness (QED) is 0.777. The largest absolute Gasteiger partial charge is 0.385 e. The van der Waals surface area contributed by atoms with Crippen LogP contribution >= 0.6 is 0 Å². The molecule has 0 radical (unpaired) electrons. The van der Waals surface area contributed by atoms with E-state index in [2.05, 4.69) is 24.0 Å². The Balaban J connectivity index is 2.78. The van der Waals surface area contributed by atoms with Crippen LogP contribution in [0.4, 0.5) is 0 Å². The van der Waals surface area contributed by atoms with Crippen LogP contribution in [0.25, 0.3) is 0 Å². The molecule has 0 saturated heterocycles. The first-order valence-electron chi connectivity index (χ1n) is 4.70. The van der Waals surface area contributed by atoms with Gasteiger partial charge in [-0.2, -0.15) is 4.98 Å². The standard InChI is InChI=1S/C9H16N2O2/c1-4-7(5-2)9-10-8(6(3)12)11-13-9/h6-7,12H,4-5H2,1-3H3. The van der Waals surface area contributed by atoms with Gasteiger partial charge in [-0.15, -0.1) is 0 Å². The van der Waals surface area contributed by atoms with E-state index in [9.17, 15) is 5.11 Å². The Bertz CT molecular complexity index is 254. The summed E-state index contributed by atoms with van der Waals surface area (Å²) >= 11 is 0. The second kappa shape index (κ2) is 4.37. The monoisotopic (exact) mass is 184 g/mol. The Hall–Kier alpha value is -0.900. The molecule has 0 aliphatic rings. The van der Waals surface area contributed by atoms with Gasteiger partial charge in [0.25, 0.3) is 0 Å². The van der Waals surface area contributed by atoms with Gasteiger partial charge < -0.3 is 9.63 Å². The van der Waals surface area contributed by atoms with E-state index in [4.69, 9.17) is 4.52 Å². The fourth-order valence-electron chi connectivity index (χ4n) is 1.22. The van der Waals surface area contributed by atoms with Crippen molar-refractivity contribution in [1.29, 1.82) is 0 Å². The van der Waals surface area contributed by atoms with Gasteiger partial charge in [-0.25, -0.2) is 0 Å². The van der Waals surface area contributed by atoms with E-state index in [1.165, 1.54) is 0 Å². The molecular formula is C9H16N2O2. The average molecular weight is 184 g/mol. The van der Waals surface area contributed by atoms with Crippen LogP contribution < -0.4 is 0 Å². The van der Waals surface area contributed by atoms with Crippen LogP contribution in [0.15, 0.2) is 4.52 Å². The highest BCUT2D eigenvalue weighted by Crippen LogP contribution is 2.21. The molecule has 1 unspecified atom stereocenters. The second-order valence-electron chi connectivity index (χ2n) is 3.18. The molecule has 13 heavy (non-hydrogen) atoms. The third kappa shape index (κ3) is 2.28. The maximum Gasteiger partial charge on any atom is 0.229 e. The molecule has 1 atom stereocenters. The molecule has 0 aromatic carbocycles. The molecule has 1 heterocycles. The predicted octanol–water partition coefficient (Wildman–Crippen LogP) is 2.03. The van der Waals surface area contributed by atoms with Crippen molar-refractivity contribution in [3.8, 4) is 0 Å². The fraction of sp³-hybridized carbons (Fsp3) is 0.778. The SMILES string of the molecule is CCC(CC)c1nc(C(C)O)no1. The number of hydrogen-bond acceptors (Lipinski definition) is 4. The van der Waals surface area contributed by atoms with Crippen LogP contribution in [0.3, 0.4) is 0 Å². The molecule has 1 aromatic heterocycles. The van der Waals surface area contributed by atoms with E-state index in [0.717, 1.165) is 12.8 Å². The Morgan fingerprint density at radius 3 is 2.38 bits per heavy atom. The predicted molar refractivity (Wildman–Crippen MR) is 48.3 cm³/mol. The molecular weight excluding hydrogens is 168 g/mol. The summed E-state index contributed by atoms with van der Waals surface area (Å²) < 4.78 is 5.05. The van der Waals surface area contributed by atoms with Crippen molar-refractivity contribution in [2.45, 2.75) is 45.6 Å². The molecule has 0 bridgehead atoms. The van der Waals surface area contributed by atoms with Crippen LogP contribution in [0.5, 0.6) is 0 Å². The van der Waals surface area contributed by atoms with Crippen molar-refractivity contribution < 1.29 is 9.63 Å². The average Bonchev–Trinajstić information content (AvgIpc) is 2.56. The van der Waals surface area contributed by atoms with Crippen molar-refractivity contribution in [3.05, 3.63) is 11.7 Å². The molecule has 0 spiro atoms. The first-order valence-corrected chi connectivity index (χ1v) is 4.70. The van der Waals surface area contributed by atoms with Crippen molar-refractivity contribution >= 4 is 0 Å². The highest BCUT2D eigenvalue weighted by Gasteiger charge is 2.16. The Labute approximate surface area is 78.0 Å². The van der Waals surface area contributed by atoms with Gasteiger partial charge in [-0.1, -0.05) is 19.0 Å². The van der Waals surface area contributed by atoms with Gasteiger partial charge in [-0.3, -0.25) is 0 Å². The minimum absolute atomic E-state index is 0.319. The summed E-state index contributed by atoms with van der Waals surface area (Å²) in [5.41, 5.74) is 0. The number of aromatic nitrogens is 2. The summed E-state index contributed by atoms with van der Waals surface area (Å²) in [5.74, 6) is 1.34. The van der Waals surface area contributed by atoms with Gasteiger partial charge in [0.2, 0.25) is 5.89 Å². The lowest BCUT2D eigenvalue weighted by atomic mass is 10.0. The van der Waals surface area contributed by atoms with E-state index in [-0.39, 0.29) is 0 Å². The molecule has 0 amide bonds. The molecule has 74 valence electrons. The van der Waals surface area contributed by atoms with Crippen molar-refractivity contribution in [3.63, 3.8) is 0 Å². The topological polar surface area (TPSA) is 59.2 Å². The van der Waals surface area contributed by atoms with Crippen molar-refractivity contribution in [2.24, 2.45) is 0 Å². The lowest BCUT2D eigenvalue weighted by molar-refractivity contribution is 0.184. The highest BCUT2D eigenvalue weighted by molar-refractivity contribution is 4.94.